The van der Waals surface area contributed by atoms with Crippen LogP contribution in [0, 0.1) is 5.92 Å². The van der Waals surface area contributed by atoms with Gasteiger partial charge in [0.25, 0.3) is 0 Å². The van der Waals surface area contributed by atoms with E-state index < -0.39 is 5.60 Å². The average Bonchev–Trinajstić information content (AvgIpc) is 2.37. The Kier molecular flexibility index (Phi) is 5.36. The van der Waals surface area contributed by atoms with Crippen molar-refractivity contribution < 1.29 is 5.11 Å². The SMILES string of the molecule is CC(C)CN1CCC(O)(Cc2c(Cl)cccc2Cl)CC1. The molecule has 1 heterocycles. The summed E-state index contributed by atoms with van der Waals surface area (Å²) >= 11 is 12.4. The molecule has 1 N–H and O–H groups in total. The molecule has 0 aromatic heterocycles. The summed E-state index contributed by atoms with van der Waals surface area (Å²) in [7, 11) is 0. The van der Waals surface area contributed by atoms with Crippen molar-refractivity contribution in [3.05, 3.63) is 33.8 Å². The fraction of sp³-hybridized carbons (Fsp3) is 0.625. The predicted molar refractivity (Wildman–Crippen MR) is 85.6 cm³/mol. The minimum atomic E-state index is -0.678. The van der Waals surface area contributed by atoms with E-state index in [0.717, 1.165) is 38.0 Å². The van der Waals surface area contributed by atoms with E-state index in [4.69, 9.17) is 23.2 Å². The van der Waals surface area contributed by atoms with Gasteiger partial charge in [-0.25, -0.2) is 0 Å². The van der Waals surface area contributed by atoms with Gasteiger partial charge in [0, 0.05) is 36.1 Å². The zero-order valence-electron chi connectivity index (χ0n) is 12.2. The van der Waals surface area contributed by atoms with Crippen molar-refractivity contribution in [2.24, 2.45) is 5.92 Å². The summed E-state index contributed by atoms with van der Waals surface area (Å²) in [6.07, 6.45) is 2.10. The van der Waals surface area contributed by atoms with Crippen molar-refractivity contribution in [1.82, 2.24) is 4.90 Å². The number of likely N-dealkylation sites (tertiary alicyclic amines) is 1. The van der Waals surface area contributed by atoms with Crippen LogP contribution in [0.25, 0.3) is 0 Å². The van der Waals surface area contributed by atoms with Gasteiger partial charge in [-0.15, -0.1) is 0 Å². The molecule has 1 fully saturated rings. The standard InChI is InChI=1S/C16H23Cl2NO/c1-12(2)11-19-8-6-16(20,7-9-19)10-13-14(17)4-3-5-15(13)18/h3-5,12,20H,6-11H2,1-2H3. The smallest absolute Gasteiger partial charge is 0.0713 e. The fourth-order valence-corrected chi connectivity index (χ4v) is 3.41. The molecule has 4 heteroatoms. The number of aliphatic hydroxyl groups is 1. The third kappa shape index (κ3) is 4.11. The molecule has 0 saturated carbocycles. The summed E-state index contributed by atoms with van der Waals surface area (Å²) in [6.45, 7) is 7.44. The maximum absolute atomic E-state index is 10.8. The number of piperidine rings is 1. The van der Waals surface area contributed by atoms with Crippen molar-refractivity contribution in [3.8, 4) is 0 Å². The molecule has 0 unspecified atom stereocenters. The van der Waals surface area contributed by atoms with Gasteiger partial charge in [-0.2, -0.15) is 0 Å². The second kappa shape index (κ2) is 6.65. The van der Waals surface area contributed by atoms with Crippen LogP contribution >= 0.6 is 23.2 Å². The quantitative estimate of drug-likeness (QED) is 0.907. The molecule has 2 rings (SSSR count). The lowest BCUT2D eigenvalue weighted by molar-refractivity contribution is -0.0226. The highest BCUT2D eigenvalue weighted by Crippen LogP contribution is 2.33. The van der Waals surface area contributed by atoms with Gasteiger partial charge in [0.1, 0.15) is 0 Å². The summed E-state index contributed by atoms with van der Waals surface area (Å²) in [5, 5.41) is 12.1. The molecule has 20 heavy (non-hydrogen) atoms. The molecule has 112 valence electrons. The van der Waals surface area contributed by atoms with E-state index >= 15 is 0 Å². The maximum atomic E-state index is 10.8. The second-order valence-electron chi connectivity index (χ2n) is 6.30. The summed E-state index contributed by atoms with van der Waals surface area (Å²) < 4.78 is 0. The first-order valence-corrected chi connectivity index (χ1v) is 8.03. The number of nitrogens with zero attached hydrogens (tertiary/aromatic N) is 1. The molecule has 0 atom stereocenters. The first-order valence-electron chi connectivity index (χ1n) is 7.27. The van der Waals surface area contributed by atoms with E-state index in [9.17, 15) is 5.11 Å². The van der Waals surface area contributed by atoms with Gasteiger partial charge in [-0.3, -0.25) is 0 Å². The van der Waals surface area contributed by atoms with Gasteiger partial charge in [0.2, 0.25) is 0 Å². The van der Waals surface area contributed by atoms with Crippen LogP contribution in [0.15, 0.2) is 18.2 Å². The third-order valence-corrected chi connectivity index (χ3v) is 4.69. The van der Waals surface area contributed by atoms with Crippen molar-refractivity contribution in [3.63, 3.8) is 0 Å². The van der Waals surface area contributed by atoms with E-state index in [1.807, 2.05) is 18.2 Å². The topological polar surface area (TPSA) is 23.5 Å². The van der Waals surface area contributed by atoms with Gasteiger partial charge < -0.3 is 10.0 Å². The molecule has 0 amide bonds. The Bertz CT molecular complexity index is 434. The second-order valence-corrected chi connectivity index (χ2v) is 7.11. The van der Waals surface area contributed by atoms with Crippen LogP contribution in [-0.4, -0.2) is 35.2 Å². The first-order chi connectivity index (χ1) is 9.39. The summed E-state index contributed by atoms with van der Waals surface area (Å²) in [5.41, 5.74) is 0.193. The zero-order valence-corrected chi connectivity index (χ0v) is 13.7. The van der Waals surface area contributed by atoms with Crippen LogP contribution in [0.3, 0.4) is 0 Å². The van der Waals surface area contributed by atoms with E-state index in [2.05, 4.69) is 18.7 Å². The highest BCUT2D eigenvalue weighted by atomic mass is 35.5. The molecule has 1 aromatic carbocycles. The van der Waals surface area contributed by atoms with E-state index in [0.29, 0.717) is 22.4 Å². The van der Waals surface area contributed by atoms with Crippen molar-refractivity contribution in [2.75, 3.05) is 19.6 Å². The highest BCUT2D eigenvalue weighted by molar-refractivity contribution is 6.36. The molecule has 1 aromatic rings. The van der Waals surface area contributed by atoms with E-state index in [1.54, 1.807) is 0 Å². The molecule has 0 bridgehead atoms. The Morgan fingerprint density at radius 2 is 1.75 bits per heavy atom. The van der Waals surface area contributed by atoms with E-state index in [-0.39, 0.29) is 0 Å². The minimum absolute atomic E-state index is 0.543. The number of hydrogen-bond acceptors (Lipinski definition) is 2. The normalized spacial score (nSPS) is 19.5. The number of halogens is 2. The van der Waals surface area contributed by atoms with Crippen LogP contribution in [-0.2, 0) is 6.42 Å². The summed E-state index contributed by atoms with van der Waals surface area (Å²) in [6, 6.07) is 5.50. The summed E-state index contributed by atoms with van der Waals surface area (Å²) in [4.78, 5) is 2.42. The van der Waals surface area contributed by atoms with Crippen molar-refractivity contribution in [1.29, 1.82) is 0 Å². The largest absolute Gasteiger partial charge is 0.389 e. The third-order valence-electron chi connectivity index (χ3n) is 3.98. The molecular formula is C16H23Cl2NO. The Morgan fingerprint density at radius 3 is 2.25 bits per heavy atom. The maximum Gasteiger partial charge on any atom is 0.0713 e. The monoisotopic (exact) mass is 315 g/mol. The van der Waals surface area contributed by atoms with Crippen LogP contribution in [0.5, 0.6) is 0 Å². The number of rotatable bonds is 4. The van der Waals surface area contributed by atoms with Gasteiger partial charge >= 0.3 is 0 Å². The molecule has 0 radical (unpaired) electrons. The van der Waals surface area contributed by atoms with Gasteiger partial charge in [0.15, 0.2) is 0 Å². The zero-order chi connectivity index (χ0) is 14.8. The highest BCUT2D eigenvalue weighted by Gasteiger charge is 2.33. The minimum Gasteiger partial charge on any atom is -0.389 e. The number of benzene rings is 1. The lowest BCUT2D eigenvalue weighted by Crippen LogP contribution is -2.46. The Morgan fingerprint density at radius 1 is 1.20 bits per heavy atom. The average molecular weight is 316 g/mol. The van der Waals surface area contributed by atoms with Crippen LogP contribution in [0.1, 0.15) is 32.3 Å². The van der Waals surface area contributed by atoms with Crippen LogP contribution < -0.4 is 0 Å². The van der Waals surface area contributed by atoms with Gasteiger partial charge in [-0.1, -0.05) is 43.1 Å². The Labute approximate surface area is 131 Å². The van der Waals surface area contributed by atoms with E-state index in [1.165, 1.54) is 0 Å². The van der Waals surface area contributed by atoms with Crippen LogP contribution in [0.4, 0.5) is 0 Å². The summed E-state index contributed by atoms with van der Waals surface area (Å²) in [5.74, 6) is 0.666. The molecule has 1 saturated heterocycles. The van der Waals surface area contributed by atoms with Gasteiger partial charge in [-0.05, 0) is 36.5 Å². The Balaban J connectivity index is 2.00. The first kappa shape index (κ1) is 16.1. The van der Waals surface area contributed by atoms with Crippen molar-refractivity contribution >= 4 is 23.2 Å². The molecule has 2 nitrogen and oxygen atoms in total. The van der Waals surface area contributed by atoms with Crippen LogP contribution in [0.2, 0.25) is 10.0 Å². The number of hydrogen-bond donors (Lipinski definition) is 1. The lowest BCUT2D eigenvalue weighted by atomic mass is 9.85. The molecular weight excluding hydrogens is 293 g/mol. The molecule has 1 aliphatic heterocycles. The molecule has 0 spiro atoms. The van der Waals surface area contributed by atoms with Crippen molar-refractivity contribution in [2.45, 2.75) is 38.7 Å². The van der Waals surface area contributed by atoms with Gasteiger partial charge in [0.05, 0.1) is 5.60 Å². The fourth-order valence-electron chi connectivity index (χ4n) is 2.88. The predicted octanol–water partition coefficient (Wildman–Crippen LogP) is 4.02. The Hall–Kier alpha value is -0.280. The molecule has 0 aliphatic carbocycles. The lowest BCUT2D eigenvalue weighted by Gasteiger charge is -2.39. The molecule has 1 aliphatic rings.